The van der Waals surface area contributed by atoms with Gasteiger partial charge in [0, 0.05) is 5.92 Å². The van der Waals surface area contributed by atoms with Crippen molar-refractivity contribution in [2.24, 2.45) is 17.1 Å². The van der Waals surface area contributed by atoms with Gasteiger partial charge in [-0.05, 0) is 5.56 Å². The number of carbonyl (C=O) groups excluding carboxylic acids is 1. The second-order valence-corrected chi connectivity index (χ2v) is 3.86. The summed E-state index contributed by atoms with van der Waals surface area (Å²) in [4.78, 5) is 11.2. The lowest BCUT2D eigenvalue weighted by Crippen LogP contribution is -2.17. The number of nitrogens with zero attached hydrogens (tertiary/aromatic N) is 2. The highest BCUT2D eigenvalue weighted by Crippen LogP contribution is 2.63. The molecular formula is C12H9N3O. The van der Waals surface area contributed by atoms with E-state index in [1.807, 2.05) is 30.3 Å². The van der Waals surface area contributed by atoms with Crippen LogP contribution in [0.3, 0.4) is 0 Å². The van der Waals surface area contributed by atoms with Crippen LogP contribution in [0, 0.1) is 34.0 Å². The molecule has 1 fully saturated rings. The number of hydrogen-bond donors (Lipinski definition) is 1. The molecule has 4 heteroatoms. The van der Waals surface area contributed by atoms with Crippen LogP contribution in [0.1, 0.15) is 11.5 Å². The first-order valence-electron chi connectivity index (χ1n) is 4.84. The van der Waals surface area contributed by atoms with Crippen molar-refractivity contribution in [2.75, 3.05) is 0 Å². The van der Waals surface area contributed by atoms with Crippen molar-refractivity contribution >= 4 is 5.91 Å². The lowest BCUT2D eigenvalue weighted by atomic mass is 10.0. The van der Waals surface area contributed by atoms with Gasteiger partial charge in [-0.25, -0.2) is 0 Å². The summed E-state index contributed by atoms with van der Waals surface area (Å²) in [5.41, 5.74) is 4.75. The molecule has 4 nitrogen and oxygen atoms in total. The molecule has 0 radical (unpaired) electrons. The first-order valence-corrected chi connectivity index (χ1v) is 4.84. The number of carbonyl (C=O) groups is 1. The van der Waals surface area contributed by atoms with Crippen molar-refractivity contribution in [3.8, 4) is 12.1 Å². The van der Waals surface area contributed by atoms with Crippen LogP contribution in [-0.4, -0.2) is 5.91 Å². The van der Waals surface area contributed by atoms with Crippen LogP contribution in [0.2, 0.25) is 0 Å². The molecule has 2 rings (SSSR count). The maximum absolute atomic E-state index is 11.2. The average molecular weight is 211 g/mol. The van der Waals surface area contributed by atoms with Crippen molar-refractivity contribution in [1.82, 2.24) is 0 Å². The van der Waals surface area contributed by atoms with Crippen LogP contribution in [0.15, 0.2) is 30.3 Å². The number of nitrogens with two attached hydrogens (primary N) is 1. The minimum absolute atomic E-state index is 0.388. The van der Waals surface area contributed by atoms with E-state index in [1.54, 1.807) is 12.1 Å². The van der Waals surface area contributed by atoms with Gasteiger partial charge in [0.15, 0.2) is 5.41 Å². The summed E-state index contributed by atoms with van der Waals surface area (Å²) in [6.07, 6.45) is 0. The van der Waals surface area contributed by atoms with Gasteiger partial charge in [-0.2, -0.15) is 10.5 Å². The molecule has 2 N–H and O–H groups in total. The standard InChI is InChI=1S/C12H9N3O/c13-6-12(7-14)9(10(12)11(15)16)8-4-2-1-3-5-8/h1-5,9-10H,(H2,15,16)/t9-,10+/m1/s1. The summed E-state index contributed by atoms with van der Waals surface area (Å²) in [6, 6.07) is 12.9. The van der Waals surface area contributed by atoms with E-state index >= 15 is 0 Å². The van der Waals surface area contributed by atoms with E-state index in [0.29, 0.717) is 0 Å². The largest absolute Gasteiger partial charge is 0.369 e. The molecule has 0 spiro atoms. The fourth-order valence-corrected chi connectivity index (χ4v) is 2.20. The lowest BCUT2D eigenvalue weighted by Gasteiger charge is -1.97. The van der Waals surface area contributed by atoms with Crippen molar-refractivity contribution in [3.63, 3.8) is 0 Å². The number of benzene rings is 1. The number of rotatable bonds is 2. The smallest absolute Gasteiger partial charge is 0.223 e. The van der Waals surface area contributed by atoms with Crippen LogP contribution in [0.4, 0.5) is 0 Å². The Hall–Kier alpha value is -2.33. The van der Waals surface area contributed by atoms with Crippen LogP contribution in [0.25, 0.3) is 0 Å². The number of primary amides is 1. The number of nitriles is 2. The molecule has 2 atom stereocenters. The highest BCUT2D eigenvalue weighted by Gasteiger charge is 2.70. The quantitative estimate of drug-likeness (QED) is 0.788. The molecule has 16 heavy (non-hydrogen) atoms. The second-order valence-electron chi connectivity index (χ2n) is 3.86. The van der Waals surface area contributed by atoms with Gasteiger partial charge in [-0.3, -0.25) is 4.79 Å². The Bertz CT molecular complexity index is 495. The zero-order chi connectivity index (χ0) is 11.8. The van der Waals surface area contributed by atoms with Gasteiger partial charge in [0.25, 0.3) is 0 Å². The lowest BCUT2D eigenvalue weighted by molar-refractivity contribution is -0.119. The minimum atomic E-state index is -1.27. The van der Waals surface area contributed by atoms with Crippen molar-refractivity contribution < 1.29 is 4.79 Å². The fraction of sp³-hybridized carbons (Fsp3) is 0.250. The van der Waals surface area contributed by atoms with E-state index in [9.17, 15) is 4.79 Å². The summed E-state index contributed by atoms with van der Waals surface area (Å²) in [7, 11) is 0. The molecule has 1 aromatic carbocycles. The Morgan fingerprint density at radius 2 is 1.81 bits per heavy atom. The normalized spacial score (nSPS) is 25.1. The van der Waals surface area contributed by atoms with E-state index in [0.717, 1.165) is 5.56 Å². The third-order valence-electron chi connectivity index (χ3n) is 3.04. The first kappa shape index (κ1) is 10.2. The van der Waals surface area contributed by atoms with Crippen molar-refractivity contribution in [3.05, 3.63) is 35.9 Å². The zero-order valence-electron chi connectivity index (χ0n) is 8.42. The molecule has 0 aromatic heterocycles. The average Bonchev–Trinajstić information content (AvgIpc) is 3.00. The van der Waals surface area contributed by atoms with Gasteiger partial charge in [0.05, 0.1) is 18.1 Å². The predicted molar refractivity (Wildman–Crippen MR) is 55.5 cm³/mol. The molecule has 1 aliphatic carbocycles. The van der Waals surface area contributed by atoms with Crippen LogP contribution in [-0.2, 0) is 4.79 Å². The molecule has 0 bridgehead atoms. The molecule has 1 aliphatic rings. The van der Waals surface area contributed by atoms with Gasteiger partial charge in [0.2, 0.25) is 5.91 Å². The van der Waals surface area contributed by atoms with Crippen molar-refractivity contribution in [1.29, 1.82) is 10.5 Å². The molecule has 1 saturated carbocycles. The third-order valence-corrected chi connectivity index (χ3v) is 3.04. The summed E-state index contributed by atoms with van der Waals surface area (Å²) in [6.45, 7) is 0. The molecule has 0 unspecified atom stereocenters. The highest BCUT2D eigenvalue weighted by atomic mass is 16.1. The Morgan fingerprint density at radius 3 is 2.19 bits per heavy atom. The first-order chi connectivity index (χ1) is 7.67. The number of hydrogen-bond acceptors (Lipinski definition) is 3. The molecule has 0 heterocycles. The Balaban J connectivity index is 2.43. The van der Waals surface area contributed by atoms with Gasteiger partial charge < -0.3 is 5.73 Å². The molecular weight excluding hydrogens is 202 g/mol. The molecule has 78 valence electrons. The van der Waals surface area contributed by atoms with E-state index in [4.69, 9.17) is 16.3 Å². The summed E-state index contributed by atoms with van der Waals surface area (Å²) in [5.74, 6) is -1.66. The van der Waals surface area contributed by atoms with Crippen molar-refractivity contribution in [2.45, 2.75) is 5.92 Å². The Morgan fingerprint density at radius 1 is 1.25 bits per heavy atom. The summed E-state index contributed by atoms with van der Waals surface area (Å²) < 4.78 is 0. The SMILES string of the molecule is N#CC1(C#N)[C@H](C(N)=O)[C@H]1c1ccccc1. The Labute approximate surface area is 92.9 Å². The summed E-state index contributed by atoms with van der Waals surface area (Å²) in [5, 5.41) is 18.1. The maximum Gasteiger partial charge on any atom is 0.223 e. The maximum atomic E-state index is 11.2. The van der Waals surface area contributed by atoms with Gasteiger partial charge in [-0.1, -0.05) is 30.3 Å². The highest BCUT2D eigenvalue weighted by molar-refractivity contribution is 5.85. The topological polar surface area (TPSA) is 90.7 Å². The monoisotopic (exact) mass is 211 g/mol. The van der Waals surface area contributed by atoms with Gasteiger partial charge in [0.1, 0.15) is 0 Å². The predicted octanol–water partition coefficient (Wildman–Crippen LogP) is 0.919. The number of amides is 1. The van der Waals surface area contributed by atoms with Crippen LogP contribution in [0.5, 0.6) is 0 Å². The van der Waals surface area contributed by atoms with E-state index in [-0.39, 0.29) is 5.92 Å². The summed E-state index contributed by atoms with van der Waals surface area (Å²) >= 11 is 0. The fourth-order valence-electron chi connectivity index (χ4n) is 2.20. The second kappa shape index (κ2) is 3.36. The molecule has 0 aliphatic heterocycles. The molecule has 0 saturated heterocycles. The van der Waals surface area contributed by atoms with Gasteiger partial charge in [-0.15, -0.1) is 0 Å². The van der Waals surface area contributed by atoms with E-state index < -0.39 is 17.2 Å². The zero-order valence-corrected chi connectivity index (χ0v) is 8.42. The van der Waals surface area contributed by atoms with Crippen LogP contribution < -0.4 is 5.73 Å². The Kier molecular flexibility index (Phi) is 2.14. The van der Waals surface area contributed by atoms with E-state index in [1.165, 1.54) is 0 Å². The van der Waals surface area contributed by atoms with Crippen LogP contribution >= 0.6 is 0 Å². The van der Waals surface area contributed by atoms with E-state index in [2.05, 4.69) is 0 Å². The minimum Gasteiger partial charge on any atom is -0.369 e. The third kappa shape index (κ3) is 1.17. The molecule has 1 amide bonds. The van der Waals surface area contributed by atoms with Gasteiger partial charge >= 0.3 is 0 Å². The molecule has 1 aromatic rings.